The molecule has 3 heteroatoms. The normalized spacial score (nSPS) is 9.67. The molecule has 0 aliphatic carbocycles. The van der Waals surface area contributed by atoms with E-state index in [1.165, 1.54) is 0 Å². The second-order valence-corrected chi connectivity index (χ2v) is 2.93. The second-order valence-electron chi connectivity index (χ2n) is 2.93. The van der Waals surface area contributed by atoms with Gasteiger partial charge >= 0.3 is 0 Å². The highest BCUT2D eigenvalue weighted by Crippen LogP contribution is 1.96. The fourth-order valence-corrected chi connectivity index (χ4v) is 1.13. The van der Waals surface area contributed by atoms with Gasteiger partial charge in [-0.2, -0.15) is 5.26 Å². The number of aromatic nitrogens is 2. The van der Waals surface area contributed by atoms with Crippen LogP contribution in [0.2, 0.25) is 0 Å². The average molecular weight is 164 g/mol. The Balaban J connectivity index is 2.21. The second kappa shape index (κ2) is 4.55. The van der Waals surface area contributed by atoms with Crippen LogP contribution in [0.1, 0.15) is 19.3 Å². The molecule has 0 fully saturated rings. The molecule has 0 aliphatic heterocycles. The van der Waals surface area contributed by atoms with E-state index in [0.29, 0.717) is 6.42 Å². The van der Waals surface area contributed by atoms with Gasteiger partial charge in [-0.3, -0.25) is 0 Å². The van der Waals surface area contributed by atoms with E-state index >= 15 is 0 Å². The van der Waals surface area contributed by atoms with E-state index in [4.69, 9.17) is 5.26 Å². The number of rotatable bonds is 4. The van der Waals surface area contributed by atoms with Crippen LogP contribution in [0.3, 0.4) is 0 Å². The van der Waals surface area contributed by atoms with Crippen LogP contribution >= 0.6 is 0 Å². The molecule has 0 saturated carbocycles. The van der Waals surface area contributed by atoms with Gasteiger partial charge in [0.2, 0.25) is 6.33 Å². The van der Waals surface area contributed by atoms with Crippen molar-refractivity contribution in [2.24, 2.45) is 7.05 Å². The first-order valence-electron chi connectivity index (χ1n) is 4.21. The van der Waals surface area contributed by atoms with Crippen molar-refractivity contribution in [1.29, 1.82) is 5.26 Å². The predicted molar refractivity (Wildman–Crippen MR) is 45.1 cm³/mol. The number of unbranched alkanes of at least 4 members (excludes halogenated alkanes) is 2. The molecule has 0 saturated heterocycles. The Kier molecular flexibility index (Phi) is 3.34. The van der Waals surface area contributed by atoms with Crippen molar-refractivity contribution in [3.8, 4) is 6.07 Å². The Labute approximate surface area is 72.9 Å². The smallest absolute Gasteiger partial charge is 0.240 e. The summed E-state index contributed by atoms with van der Waals surface area (Å²) in [5.41, 5.74) is 0. The minimum absolute atomic E-state index is 0.674. The molecule has 1 aromatic rings. The topological polar surface area (TPSA) is 32.6 Å². The van der Waals surface area contributed by atoms with Crippen molar-refractivity contribution < 1.29 is 4.57 Å². The zero-order valence-corrected chi connectivity index (χ0v) is 7.40. The van der Waals surface area contributed by atoms with Gasteiger partial charge in [0, 0.05) is 6.42 Å². The number of aryl methyl sites for hydroxylation is 2. The van der Waals surface area contributed by atoms with Gasteiger partial charge in [-0.15, -0.1) is 0 Å². The Morgan fingerprint density at radius 2 is 2.33 bits per heavy atom. The Hall–Kier alpha value is -1.30. The van der Waals surface area contributed by atoms with Crippen LogP contribution in [0.5, 0.6) is 0 Å². The van der Waals surface area contributed by atoms with E-state index in [0.717, 1.165) is 19.4 Å². The standard InChI is InChI=1S/C9H14N3/c1-11-7-8-12(9-11)6-4-2-3-5-10/h7-9H,2-4,6H2,1H3/q+1. The highest BCUT2D eigenvalue weighted by Gasteiger charge is 1.98. The Morgan fingerprint density at radius 3 is 2.92 bits per heavy atom. The van der Waals surface area contributed by atoms with Crippen molar-refractivity contribution in [2.75, 3.05) is 0 Å². The largest absolute Gasteiger partial charge is 0.243 e. The fourth-order valence-electron chi connectivity index (χ4n) is 1.13. The third kappa shape index (κ3) is 2.75. The molecule has 0 aromatic carbocycles. The van der Waals surface area contributed by atoms with Crippen LogP contribution in [-0.4, -0.2) is 4.57 Å². The van der Waals surface area contributed by atoms with Crippen LogP contribution in [0, 0.1) is 11.3 Å². The van der Waals surface area contributed by atoms with Crippen LogP contribution in [0.4, 0.5) is 0 Å². The maximum absolute atomic E-state index is 8.31. The summed E-state index contributed by atoms with van der Waals surface area (Å²) in [5.74, 6) is 0. The van der Waals surface area contributed by atoms with Crippen LogP contribution in [0.15, 0.2) is 18.7 Å². The molecule has 1 aromatic heterocycles. The molecular formula is C9H14N3+. The molecule has 0 unspecified atom stereocenters. The highest BCUT2D eigenvalue weighted by molar-refractivity contribution is 4.69. The summed E-state index contributed by atoms with van der Waals surface area (Å²) in [6.45, 7) is 1.02. The van der Waals surface area contributed by atoms with Gasteiger partial charge in [0.1, 0.15) is 12.4 Å². The summed E-state index contributed by atoms with van der Waals surface area (Å²) in [4.78, 5) is 0. The molecule has 1 rings (SSSR count). The quantitative estimate of drug-likeness (QED) is 0.483. The first-order valence-corrected chi connectivity index (χ1v) is 4.21. The lowest BCUT2D eigenvalue weighted by atomic mass is 10.2. The van der Waals surface area contributed by atoms with Gasteiger partial charge < -0.3 is 0 Å². The Bertz CT molecular complexity index is 270. The summed E-state index contributed by atoms with van der Waals surface area (Å²) < 4.78 is 4.15. The van der Waals surface area contributed by atoms with Crippen LogP contribution in [-0.2, 0) is 13.6 Å². The molecule has 0 radical (unpaired) electrons. The highest BCUT2D eigenvalue weighted by atomic mass is 15.1. The monoisotopic (exact) mass is 164 g/mol. The SMILES string of the molecule is C[n+]1ccn(CCCCC#N)c1. The van der Waals surface area contributed by atoms with Crippen molar-refractivity contribution in [2.45, 2.75) is 25.8 Å². The first-order chi connectivity index (χ1) is 5.83. The molecule has 0 spiro atoms. The third-order valence-corrected chi connectivity index (χ3v) is 1.78. The molecule has 1 heterocycles. The molecule has 3 nitrogen and oxygen atoms in total. The lowest BCUT2D eigenvalue weighted by molar-refractivity contribution is -0.671. The molecule has 0 atom stereocenters. The molecule has 0 amide bonds. The maximum atomic E-state index is 8.31. The molecule has 0 aliphatic rings. The summed E-state index contributed by atoms with van der Waals surface area (Å²) in [6.07, 6.45) is 8.87. The summed E-state index contributed by atoms with van der Waals surface area (Å²) in [6, 6.07) is 2.14. The van der Waals surface area contributed by atoms with Crippen LogP contribution in [0.25, 0.3) is 0 Å². The lowest BCUT2D eigenvalue weighted by Gasteiger charge is -1.92. The molecular weight excluding hydrogens is 150 g/mol. The van der Waals surface area contributed by atoms with Gasteiger partial charge in [0.25, 0.3) is 0 Å². The van der Waals surface area contributed by atoms with E-state index in [1.54, 1.807) is 0 Å². The number of nitriles is 1. The van der Waals surface area contributed by atoms with E-state index in [9.17, 15) is 0 Å². The average Bonchev–Trinajstić information content (AvgIpc) is 2.45. The van der Waals surface area contributed by atoms with Crippen molar-refractivity contribution in [3.05, 3.63) is 18.7 Å². The van der Waals surface area contributed by atoms with Gasteiger partial charge in [0.15, 0.2) is 0 Å². The minimum atomic E-state index is 0.674. The predicted octanol–water partition coefficient (Wildman–Crippen LogP) is 1.01. The minimum Gasteiger partial charge on any atom is -0.240 e. The summed E-state index contributed by atoms with van der Waals surface area (Å²) >= 11 is 0. The summed E-state index contributed by atoms with van der Waals surface area (Å²) in [7, 11) is 2.01. The molecule has 64 valence electrons. The van der Waals surface area contributed by atoms with E-state index in [1.807, 2.05) is 30.3 Å². The number of hydrogen-bond acceptors (Lipinski definition) is 1. The van der Waals surface area contributed by atoms with Gasteiger partial charge in [0.05, 0.1) is 19.7 Å². The van der Waals surface area contributed by atoms with Crippen molar-refractivity contribution in [3.63, 3.8) is 0 Å². The van der Waals surface area contributed by atoms with Gasteiger partial charge in [-0.1, -0.05) is 0 Å². The van der Waals surface area contributed by atoms with Crippen LogP contribution < -0.4 is 4.57 Å². The molecule has 0 bridgehead atoms. The number of hydrogen-bond donors (Lipinski definition) is 0. The maximum Gasteiger partial charge on any atom is 0.243 e. The van der Waals surface area contributed by atoms with E-state index in [-0.39, 0.29) is 0 Å². The van der Waals surface area contributed by atoms with Gasteiger partial charge in [-0.25, -0.2) is 9.13 Å². The third-order valence-electron chi connectivity index (χ3n) is 1.78. The van der Waals surface area contributed by atoms with Crippen molar-refractivity contribution >= 4 is 0 Å². The lowest BCUT2D eigenvalue weighted by Crippen LogP contribution is -2.23. The van der Waals surface area contributed by atoms with E-state index < -0.39 is 0 Å². The van der Waals surface area contributed by atoms with E-state index in [2.05, 4.69) is 10.6 Å². The zero-order chi connectivity index (χ0) is 8.81. The number of imidazole rings is 1. The summed E-state index contributed by atoms with van der Waals surface area (Å²) in [5, 5.41) is 8.31. The Morgan fingerprint density at radius 1 is 1.50 bits per heavy atom. The van der Waals surface area contributed by atoms with Gasteiger partial charge in [-0.05, 0) is 12.8 Å². The van der Waals surface area contributed by atoms with Crippen molar-refractivity contribution in [1.82, 2.24) is 4.57 Å². The molecule has 12 heavy (non-hydrogen) atoms. The first kappa shape index (κ1) is 8.79. The fraction of sp³-hybridized carbons (Fsp3) is 0.556. The number of nitrogens with zero attached hydrogens (tertiary/aromatic N) is 3. The zero-order valence-electron chi connectivity index (χ0n) is 7.40. The molecule has 0 N–H and O–H groups in total.